The van der Waals surface area contributed by atoms with E-state index in [9.17, 15) is 0 Å². The monoisotopic (exact) mass is 192 g/mol. The van der Waals surface area contributed by atoms with Crippen molar-refractivity contribution in [2.75, 3.05) is 6.54 Å². The highest BCUT2D eigenvalue weighted by Crippen LogP contribution is 2.09. The third-order valence-electron chi connectivity index (χ3n) is 2.21. The molecular weight excluding hydrogens is 172 g/mol. The molecule has 0 radical (unpaired) electrons. The summed E-state index contributed by atoms with van der Waals surface area (Å²) < 4.78 is 0. The van der Waals surface area contributed by atoms with E-state index in [2.05, 4.69) is 43.7 Å². The molecule has 0 aromatic heterocycles. The minimum absolute atomic E-state index is 0.733. The van der Waals surface area contributed by atoms with Gasteiger partial charge in [-0.05, 0) is 37.3 Å². The number of aliphatic imine (C=N–C) groups is 1. The molecule has 1 heterocycles. The van der Waals surface area contributed by atoms with Gasteiger partial charge in [-0.1, -0.05) is 20.4 Å². The Morgan fingerprint density at radius 1 is 1.64 bits per heavy atom. The van der Waals surface area contributed by atoms with Crippen LogP contribution < -0.4 is 5.32 Å². The number of hydrogen-bond acceptors (Lipinski definition) is 2. The van der Waals surface area contributed by atoms with E-state index < -0.39 is 0 Å². The van der Waals surface area contributed by atoms with Crippen LogP contribution >= 0.6 is 0 Å². The van der Waals surface area contributed by atoms with Gasteiger partial charge < -0.3 is 5.32 Å². The van der Waals surface area contributed by atoms with Crippen LogP contribution in [0.4, 0.5) is 0 Å². The Kier molecular flexibility index (Phi) is 3.93. The van der Waals surface area contributed by atoms with Crippen LogP contribution in [0.15, 0.2) is 28.9 Å². The lowest BCUT2D eigenvalue weighted by Crippen LogP contribution is -2.19. The first-order chi connectivity index (χ1) is 6.58. The lowest BCUT2D eigenvalue weighted by Gasteiger charge is -2.09. The summed E-state index contributed by atoms with van der Waals surface area (Å²) in [5, 5.41) is 3.24. The van der Waals surface area contributed by atoms with Gasteiger partial charge in [0.2, 0.25) is 0 Å². The van der Waals surface area contributed by atoms with E-state index in [0.717, 1.165) is 30.4 Å². The predicted molar refractivity (Wildman–Crippen MR) is 62.4 cm³/mol. The quantitative estimate of drug-likeness (QED) is 0.727. The van der Waals surface area contributed by atoms with E-state index in [1.54, 1.807) is 0 Å². The SMILES string of the molecule is C=C(CCC(C)C)NC1=NCC(C)=C1. The number of allylic oxidation sites excluding steroid dienone is 1. The first kappa shape index (κ1) is 11.0. The van der Waals surface area contributed by atoms with Crippen molar-refractivity contribution >= 4 is 5.84 Å². The topological polar surface area (TPSA) is 24.4 Å². The van der Waals surface area contributed by atoms with E-state index >= 15 is 0 Å². The zero-order valence-electron chi connectivity index (χ0n) is 9.43. The predicted octanol–water partition coefficient (Wildman–Crippen LogP) is 2.88. The second kappa shape index (κ2) is 4.99. The average Bonchev–Trinajstić information content (AvgIpc) is 2.48. The Bertz CT molecular complexity index is 272. The van der Waals surface area contributed by atoms with Gasteiger partial charge in [0.15, 0.2) is 0 Å². The van der Waals surface area contributed by atoms with Crippen molar-refractivity contribution in [2.24, 2.45) is 10.9 Å². The van der Waals surface area contributed by atoms with Crippen LogP contribution in [0.2, 0.25) is 0 Å². The smallest absolute Gasteiger partial charge is 0.125 e. The van der Waals surface area contributed by atoms with Crippen molar-refractivity contribution in [1.82, 2.24) is 5.32 Å². The zero-order valence-corrected chi connectivity index (χ0v) is 9.43. The van der Waals surface area contributed by atoms with E-state index in [1.165, 1.54) is 12.0 Å². The first-order valence-electron chi connectivity index (χ1n) is 5.24. The molecule has 0 atom stereocenters. The van der Waals surface area contributed by atoms with Crippen LogP contribution in [0.25, 0.3) is 0 Å². The number of rotatable bonds is 4. The minimum Gasteiger partial charge on any atom is -0.345 e. The van der Waals surface area contributed by atoms with Gasteiger partial charge in [-0.3, -0.25) is 4.99 Å². The molecule has 0 aromatic carbocycles. The third kappa shape index (κ3) is 3.77. The fourth-order valence-electron chi connectivity index (χ4n) is 1.32. The molecule has 1 N–H and O–H groups in total. The summed E-state index contributed by atoms with van der Waals surface area (Å²) in [5.74, 6) is 1.70. The van der Waals surface area contributed by atoms with Crippen molar-refractivity contribution in [3.63, 3.8) is 0 Å². The molecule has 0 fully saturated rings. The molecule has 0 spiro atoms. The fourth-order valence-corrected chi connectivity index (χ4v) is 1.32. The minimum atomic E-state index is 0.733. The van der Waals surface area contributed by atoms with Gasteiger partial charge in [0, 0.05) is 5.70 Å². The Morgan fingerprint density at radius 3 is 2.86 bits per heavy atom. The van der Waals surface area contributed by atoms with Crippen molar-refractivity contribution < 1.29 is 0 Å². The number of hydrogen-bond donors (Lipinski definition) is 1. The molecule has 78 valence electrons. The van der Waals surface area contributed by atoms with Crippen LogP contribution in [0, 0.1) is 5.92 Å². The normalized spacial score (nSPS) is 15.4. The maximum absolute atomic E-state index is 4.34. The lowest BCUT2D eigenvalue weighted by molar-refractivity contribution is 0.579. The molecule has 2 heteroatoms. The Hall–Kier alpha value is -1.05. The van der Waals surface area contributed by atoms with E-state index in [-0.39, 0.29) is 0 Å². The molecule has 0 unspecified atom stereocenters. The van der Waals surface area contributed by atoms with Gasteiger partial charge in [0.05, 0.1) is 6.54 Å². The van der Waals surface area contributed by atoms with Crippen molar-refractivity contribution in [3.05, 3.63) is 23.9 Å². The highest BCUT2D eigenvalue weighted by molar-refractivity contribution is 5.96. The zero-order chi connectivity index (χ0) is 10.6. The largest absolute Gasteiger partial charge is 0.345 e. The van der Waals surface area contributed by atoms with E-state index in [1.807, 2.05) is 0 Å². The second-order valence-corrected chi connectivity index (χ2v) is 4.35. The number of amidine groups is 1. The van der Waals surface area contributed by atoms with Gasteiger partial charge in [-0.2, -0.15) is 0 Å². The summed E-state index contributed by atoms with van der Waals surface area (Å²) >= 11 is 0. The molecule has 0 bridgehead atoms. The molecule has 0 saturated carbocycles. The molecule has 2 nitrogen and oxygen atoms in total. The Labute approximate surface area is 86.8 Å². The molecule has 1 rings (SSSR count). The van der Waals surface area contributed by atoms with Crippen LogP contribution in [0.5, 0.6) is 0 Å². The van der Waals surface area contributed by atoms with Crippen LogP contribution in [0.3, 0.4) is 0 Å². The van der Waals surface area contributed by atoms with Crippen molar-refractivity contribution in [1.29, 1.82) is 0 Å². The number of nitrogens with zero attached hydrogens (tertiary/aromatic N) is 1. The second-order valence-electron chi connectivity index (χ2n) is 4.35. The first-order valence-corrected chi connectivity index (χ1v) is 5.24. The maximum Gasteiger partial charge on any atom is 0.125 e. The standard InChI is InChI=1S/C12H20N2/c1-9(2)5-6-11(4)14-12-7-10(3)8-13-12/h7,9H,4-6,8H2,1-3H3,(H,13,14). The lowest BCUT2D eigenvalue weighted by atomic mass is 10.1. The Morgan fingerprint density at radius 2 is 2.36 bits per heavy atom. The summed E-state index contributed by atoms with van der Waals surface area (Å²) in [4.78, 5) is 4.34. The molecule has 0 aromatic rings. The molecule has 0 saturated heterocycles. The molecular formula is C12H20N2. The molecule has 14 heavy (non-hydrogen) atoms. The summed E-state index contributed by atoms with van der Waals surface area (Å²) in [6, 6.07) is 0. The van der Waals surface area contributed by atoms with Gasteiger partial charge in [0.1, 0.15) is 5.84 Å². The van der Waals surface area contributed by atoms with Gasteiger partial charge in [-0.15, -0.1) is 0 Å². The summed E-state index contributed by atoms with van der Waals surface area (Å²) in [5.41, 5.74) is 2.38. The summed E-state index contributed by atoms with van der Waals surface area (Å²) in [6.07, 6.45) is 4.30. The van der Waals surface area contributed by atoms with Crippen molar-refractivity contribution in [3.8, 4) is 0 Å². The van der Waals surface area contributed by atoms with Crippen LogP contribution in [0.1, 0.15) is 33.6 Å². The number of nitrogens with one attached hydrogen (secondary N) is 1. The van der Waals surface area contributed by atoms with E-state index in [4.69, 9.17) is 0 Å². The maximum atomic E-state index is 4.34. The third-order valence-corrected chi connectivity index (χ3v) is 2.21. The summed E-state index contributed by atoms with van der Waals surface area (Å²) in [7, 11) is 0. The van der Waals surface area contributed by atoms with Crippen LogP contribution in [-0.2, 0) is 0 Å². The summed E-state index contributed by atoms with van der Waals surface area (Å²) in [6.45, 7) is 11.4. The fraction of sp³-hybridized carbons (Fsp3) is 0.583. The highest BCUT2D eigenvalue weighted by Gasteiger charge is 2.05. The average molecular weight is 192 g/mol. The van der Waals surface area contributed by atoms with Crippen LogP contribution in [-0.4, -0.2) is 12.4 Å². The van der Waals surface area contributed by atoms with Gasteiger partial charge in [0.25, 0.3) is 0 Å². The highest BCUT2D eigenvalue weighted by atomic mass is 15.0. The van der Waals surface area contributed by atoms with Crippen molar-refractivity contribution in [2.45, 2.75) is 33.6 Å². The molecule has 0 aliphatic carbocycles. The molecule has 1 aliphatic rings. The molecule has 0 amide bonds. The molecule has 1 aliphatic heterocycles. The van der Waals surface area contributed by atoms with Gasteiger partial charge in [-0.25, -0.2) is 0 Å². The Balaban J connectivity index is 2.28. The van der Waals surface area contributed by atoms with Gasteiger partial charge >= 0.3 is 0 Å². The van der Waals surface area contributed by atoms with E-state index in [0.29, 0.717) is 0 Å².